The number of aromatic nitrogens is 1. The number of thiazole rings is 1. The zero-order valence-electron chi connectivity index (χ0n) is 7.31. The Balaban J connectivity index is 2.14. The molecule has 13 heavy (non-hydrogen) atoms. The van der Waals surface area contributed by atoms with Crippen LogP contribution in [0, 0.1) is 0 Å². The summed E-state index contributed by atoms with van der Waals surface area (Å²) in [4.78, 5) is 4.18. The molecule has 1 aromatic heterocycles. The van der Waals surface area contributed by atoms with E-state index in [-0.39, 0.29) is 6.04 Å². The molecular weight excluding hydrogens is 186 g/mol. The van der Waals surface area contributed by atoms with Crippen molar-refractivity contribution in [3.63, 3.8) is 0 Å². The topological polar surface area (TPSA) is 62.4 Å². The molecule has 72 valence electrons. The minimum absolute atomic E-state index is 0.0577. The smallest absolute Gasteiger partial charge is 0.180 e. The van der Waals surface area contributed by atoms with Crippen molar-refractivity contribution in [3.05, 3.63) is 11.1 Å². The van der Waals surface area contributed by atoms with E-state index >= 15 is 0 Å². The fourth-order valence-electron chi connectivity index (χ4n) is 1.67. The number of rotatable bonds is 1. The highest BCUT2D eigenvalue weighted by molar-refractivity contribution is 7.13. The highest BCUT2D eigenvalue weighted by Gasteiger charge is 2.24. The second-order valence-corrected chi connectivity index (χ2v) is 4.17. The highest BCUT2D eigenvalue weighted by Crippen LogP contribution is 2.30. The van der Waals surface area contributed by atoms with Crippen LogP contribution in [0.1, 0.15) is 31.0 Å². The molecule has 1 atom stereocenters. The lowest BCUT2D eigenvalue weighted by atomic mass is 10.0. The third-order valence-corrected chi connectivity index (χ3v) is 3.05. The first-order chi connectivity index (χ1) is 6.27. The van der Waals surface area contributed by atoms with E-state index in [1.54, 1.807) is 0 Å². The van der Waals surface area contributed by atoms with Crippen LogP contribution in [0.2, 0.25) is 0 Å². The Morgan fingerprint density at radius 1 is 1.62 bits per heavy atom. The third kappa shape index (κ3) is 1.82. The monoisotopic (exact) mass is 199 g/mol. The minimum Gasteiger partial charge on any atom is -0.375 e. The van der Waals surface area contributed by atoms with Crippen molar-refractivity contribution in [1.29, 1.82) is 0 Å². The normalized spacial score (nSPS) is 24.8. The van der Waals surface area contributed by atoms with Crippen molar-refractivity contribution in [2.45, 2.75) is 25.3 Å². The van der Waals surface area contributed by atoms with Gasteiger partial charge in [-0.25, -0.2) is 4.98 Å². The average Bonchev–Trinajstić information content (AvgIpc) is 2.53. The number of nitrogens with two attached hydrogens (primary N) is 1. The van der Waals surface area contributed by atoms with Crippen molar-refractivity contribution < 1.29 is 5.21 Å². The highest BCUT2D eigenvalue weighted by atomic mass is 32.1. The Morgan fingerprint density at radius 3 is 3.08 bits per heavy atom. The zero-order valence-corrected chi connectivity index (χ0v) is 8.13. The first-order valence-electron chi connectivity index (χ1n) is 4.44. The summed E-state index contributed by atoms with van der Waals surface area (Å²) in [5.74, 6) is 0. The van der Waals surface area contributed by atoms with Gasteiger partial charge in [0.15, 0.2) is 5.13 Å². The average molecular weight is 199 g/mol. The Labute approximate surface area is 81.0 Å². The number of hydrogen-bond donors (Lipinski definition) is 2. The summed E-state index contributed by atoms with van der Waals surface area (Å²) in [5.41, 5.74) is 6.45. The fourth-order valence-corrected chi connectivity index (χ4v) is 2.28. The molecule has 1 saturated heterocycles. The van der Waals surface area contributed by atoms with Gasteiger partial charge in [-0.15, -0.1) is 11.3 Å². The van der Waals surface area contributed by atoms with Crippen LogP contribution in [0.3, 0.4) is 0 Å². The summed E-state index contributed by atoms with van der Waals surface area (Å²) >= 11 is 1.43. The van der Waals surface area contributed by atoms with Crippen LogP contribution in [-0.4, -0.2) is 21.8 Å². The number of nitrogens with zero attached hydrogens (tertiary/aromatic N) is 2. The van der Waals surface area contributed by atoms with Crippen molar-refractivity contribution in [3.8, 4) is 0 Å². The molecular formula is C8H13N3OS. The Kier molecular flexibility index (Phi) is 2.48. The second-order valence-electron chi connectivity index (χ2n) is 3.29. The van der Waals surface area contributed by atoms with Crippen LogP contribution < -0.4 is 5.73 Å². The molecule has 0 bridgehead atoms. The first kappa shape index (κ1) is 8.93. The van der Waals surface area contributed by atoms with Gasteiger partial charge in [0.05, 0.1) is 11.7 Å². The molecule has 0 aliphatic carbocycles. The predicted molar refractivity (Wildman–Crippen MR) is 51.6 cm³/mol. The molecule has 5 heteroatoms. The molecule has 1 fully saturated rings. The largest absolute Gasteiger partial charge is 0.375 e. The van der Waals surface area contributed by atoms with Gasteiger partial charge in [0.1, 0.15) is 0 Å². The molecule has 1 aliphatic rings. The Hall–Kier alpha value is -0.650. The van der Waals surface area contributed by atoms with Gasteiger partial charge in [0.25, 0.3) is 0 Å². The summed E-state index contributed by atoms with van der Waals surface area (Å²) in [5, 5.41) is 13.5. The van der Waals surface area contributed by atoms with Gasteiger partial charge in [-0.1, -0.05) is 6.42 Å². The first-order valence-corrected chi connectivity index (χ1v) is 5.32. The number of hydroxylamine groups is 2. The summed E-state index contributed by atoms with van der Waals surface area (Å²) in [6.07, 6.45) is 3.19. The van der Waals surface area contributed by atoms with Crippen LogP contribution >= 0.6 is 11.3 Å². The molecule has 1 aromatic rings. The van der Waals surface area contributed by atoms with Gasteiger partial charge in [0, 0.05) is 11.9 Å². The summed E-state index contributed by atoms with van der Waals surface area (Å²) in [6, 6.07) is 0.0577. The molecule has 4 nitrogen and oxygen atoms in total. The Bertz CT molecular complexity index is 289. The lowest BCUT2D eigenvalue weighted by molar-refractivity contribution is -0.144. The number of piperidine rings is 1. The lowest BCUT2D eigenvalue weighted by Gasteiger charge is -2.28. The Morgan fingerprint density at radius 2 is 2.46 bits per heavy atom. The maximum Gasteiger partial charge on any atom is 0.180 e. The number of anilines is 1. The number of nitrogen functional groups attached to an aromatic ring is 1. The molecule has 0 radical (unpaired) electrons. The minimum atomic E-state index is 0.0577. The molecule has 1 unspecified atom stereocenters. The van der Waals surface area contributed by atoms with Gasteiger partial charge in [-0.2, -0.15) is 5.06 Å². The van der Waals surface area contributed by atoms with E-state index in [9.17, 15) is 5.21 Å². The maximum absolute atomic E-state index is 9.59. The number of hydrogen-bond acceptors (Lipinski definition) is 5. The molecule has 2 heterocycles. The lowest BCUT2D eigenvalue weighted by Crippen LogP contribution is -2.30. The van der Waals surface area contributed by atoms with E-state index in [2.05, 4.69) is 4.98 Å². The van der Waals surface area contributed by atoms with E-state index in [4.69, 9.17) is 5.73 Å². The van der Waals surface area contributed by atoms with Crippen molar-refractivity contribution >= 4 is 16.5 Å². The molecule has 3 N–H and O–H groups in total. The molecule has 0 saturated carbocycles. The quantitative estimate of drug-likeness (QED) is 0.721. The van der Waals surface area contributed by atoms with Gasteiger partial charge >= 0.3 is 0 Å². The van der Waals surface area contributed by atoms with E-state index in [0.29, 0.717) is 5.13 Å². The van der Waals surface area contributed by atoms with Crippen LogP contribution in [-0.2, 0) is 0 Å². The zero-order chi connectivity index (χ0) is 9.26. The molecule has 0 aromatic carbocycles. The van der Waals surface area contributed by atoms with Crippen LogP contribution in [0.4, 0.5) is 5.13 Å². The predicted octanol–water partition coefficient (Wildman–Crippen LogP) is 1.64. The van der Waals surface area contributed by atoms with Gasteiger partial charge < -0.3 is 10.9 Å². The van der Waals surface area contributed by atoms with Crippen LogP contribution in [0.25, 0.3) is 0 Å². The van der Waals surface area contributed by atoms with Crippen LogP contribution in [0.5, 0.6) is 0 Å². The molecule has 0 spiro atoms. The van der Waals surface area contributed by atoms with Crippen LogP contribution in [0.15, 0.2) is 5.38 Å². The summed E-state index contributed by atoms with van der Waals surface area (Å²) in [7, 11) is 0. The molecule has 2 rings (SSSR count). The third-order valence-electron chi connectivity index (χ3n) is 2.36. The fraction of sp³-hybridized carbons (Fsp3) is 0.625. The SMILES string of the molecule is Nc1nc(C2CCCCN2O)cs1. The summed E-state index contributed by atoms with van der Waals surface area (Å²) < 4.78 is 0. The van der Waals surface area contributed by atoms with E-state index < -0.39 is 0 Å². The van der Waals surface area contributed by atoms with Gasteiger partial charge in [0.2, 0.25) is 0 Å². The standard InChI is InChI=1S/C8H13N3OS/c9-8-10-6(5-13-8)7-3-1-2-4-11(7)12/h5,7,12H,1-4H2,(H2,9,10). The second kappa shape index (κ2) is 3.61. The van der Waals surface area contributed by atoms with Crippen molar-refractivity contribution in [2.75, 3.05) is 12.3 Å². The van der Waals surface area contributed by atoms with E-state index in [1.807, 2.05) is 5.38 Å². The summed E-state index contributed by atoms with van der Waals surface area (Å²) in [6.45, 7) is 0.738. The maximum atomic E-state index is 9.59. The van der Waals surface area contributed by atoms with E-state index in [1.165, 1.54) is 16.4 Å². The molecule has 1 aliphatic heterocycles. The van der Waals surface area contributed by atoms with Crippen molar-refractivity contribution in [1.82, 2.24) is 10.0 Å². The molecule has 0 amide bonds. The van der Waals surface area contributed by atoms with Gasteiger partial charge in [-0.05, 0) is 12.8 Å². The van der Waals surface area contributed by atoms with Crippen molar-refractivity contribution in [2.24, 2.45) is 0 Å². The van der Waals surface area contributed by atoms with E-state index in [0.717, 1.165) is 31.5 Å². The van der Waals surface area contributed by atoms with Gasteiger partial charge in [-0.3, -0.25) is 0 Å².